The first-order valence-corrected chi connectivity index (χ1v) is 9.44. The molecule has 0 aromatic heterocycles. The largest absolute Gasteiger partial charge is 0.497 e. The van der Waals surface area contributed by atoms with E-state index >= 15 is 0 Å². The van der Waals surface area contributed by atoms with Gasteiger partial charge in [-0.3, -0.25) is 4.79 Å². The molecule has 0 aliphatic heterocycles. The zero-order valence-electron chi connectivity index (χ0n) is 17.5. The lowest BCUT2D eigenvalue weighted by molar-refractivity contribution is 0.102. The molecule has 0 saturated heterocycles. The normalized spacial score (nSPS) is 10.3. The van der Waals surface area contributed by atoms with Crippen LogP contribution in [-0.2, 0) is 6.61 Å². The highest BCUT2D eigenvalue weighted by molar-refractivity contribution is 6.05. The van der Waals surface area contributed by atoms with Gasteiger partial charge in [0.2, 0.25) is 0 Å². The summed E-state index contributed by atoms with van der Waals surface area (Å²) in [5.41, 5.74) is 2.97. The average molecular weight is 407 g/mol. The van der Waals surface area contributed by atoms with Crippen LogP contribution in [0.15, 0.2) is 60.7 Å². The summed E-state index contributed by atoms with van der Waals surface area (Å²) in [6.07, 6.45) is 0. The number of ether oxygens (including phenoxy) is 4. The summed E-state index contributed by atoms with van der Waals surface area (Å²) in [5, 5.41) is 2.87. The molecule has 6 nitrogen and oxygen atoms in total. The average Bonchev–Trinajstić information content (AvgIpc) is 2.78. The molecular formula is C24H25NO5. The number of methoxy groups -OCH3 is 3. The van der Waals surface area contributed by atoms with Gasteiger partial charge in [-0.05, 0) is 49.4 Å². The van der Waals surface area contributed by atoms with Gasteiger partial charge in [-0.1, -0.05) is 17.7 Å². The van der Waals surface area contributed by atoms with Gasteiger partial charge >= 0.3 is 0 Å². The van der Waals surface area contributed by atoms with E-state index in [9.17, 15) is 4.79 Å². The first kappa shape index (κ1) is 21.0. The smallest absolute Gasteiger partial charge is 0.255 e. The second-order valence-corrected chi connectivity index (χ2v) is 6.65. The highest BCUT2D eigenvalue weighted by Gasteiger charge is 2.14. The molecule has 0 saturated carbocycles. The number of carbonyl (C=O) groups excluding carboxylic acids is 1. The van der Waals surface area contributed by atoms with Gasteiger partial charge in [0.05, 0.1) is 27.0 Å². The molecule has 0 spiro atoms. The molecule has 0 aliphatic carbocycles. The quantitative estimate of drug-likeness (QED) is 0.578. The molecule has 1 N–H and O–H groups in total. The molecule has 3 aromatic rings. The molecule has 156 valence electrons. The second-order valence-electron chi connectivity index (χ2n) is 6.65. The number of nitrogens with one attached hydrogen (secondary N) is 1. The zero-order chi connectivity index (χ0) is 21.5. The fourth-order valence-corrected chi connectivity index (χ4v) is 2.92. The lowest BCUT2D eigenvalue weighted by Crippen LogP contribution is -2.13. The molecule has 30 heavy (non-hydrogen) atoms. The molecule has 1 amide bonds. The van der Waals surface area contributed by atoms with Gasteiger partial charge in [-0.15, -0.1) is 0 Å². The lowest BCUT2D eigenvalue weighted by Gasteiger charge is -2.14. The maximum Gasteiger partial charge on any atom is 0.255 e. The van der Waals surface area contributed by atoms with E-state index in [0.717, 1.165) is 16.9 Å². The van der Waals surface area contributed by atoms with E-state index in [1.165, 1.54) is 0 Å². The van der Waals surface area contributed by atoms with Gasteiger partial charge in [-0.2, -0.15) is 0 Å². The highest BCUT2D eigenvalue weighted by atomic mass is 16.5. The molecular weight excluding hydrogens is 382 g/mol. The van der Waals surface area contributed by atoms with Crippen LogP contribution < -0.4 is 24.3 Å². The summed E-state index contributed by atoms with van der Waals surface area (Å²) in [6, 6.07) is 18.2. The van der Waals surface area contributed by atoms with E-state index in [-0.39, 0.29) is 12.5 Å². The maximum absolute atomic E-state index is 12.8. The van der Waals surface area contributed by atoms with Gasteiger partial charge in [0.25, 0.3) is 5.91 Å². The standard InChI is InChI=1S/C24H25NO5/c1-16-5-8-19(9-6-16)30-15-18-13-17(7-12-22(18)28-3)24(26)25-21-11-10-20(27-2)14-23(21)29-4/h5-14H,15H2,1-4H3,(H,25,26). The summed E-state index contributed by atoms with van der Waals surface area (Å²) in [7, 11) is 4.70. The Bertz CT molecular complexity index is 1010. The van der Waals surface area contributed by atoms with Crippen LogP contribution in [-0.4, -0.2) is 27.2 Å². The molecule has 0 radical (unpaired) electrons. The Labute approximate surface area is 176 Å². The molecule has 0 heterocycles. The van der Waals surface area contributed by atoms with Crippen molar-refractivity contribution in [3.63, 3.8) is 0 Å². The Morgan fingerprint density at radius 3 is 2.17 bits per heavy atom. The van der Waals surface area contributed by atoms with Gasteiger partial charge in [0.15, 0.2) is 0 Å². The minimum absolute atomic E-state index is 0.266. The number of hydrogen-bond acceptors (Lipinski definition) is 5. The number of carbonyl (C=O) groups is 1. The van der Waals surface area contributed by atoms with Crippen molar-refractivity contribution in [3.8, 4) is 23.0 Å². The van der Waals surface area contributed by atoms with Crippen molar-refractivity contribution < 1.29 is 23.7 Å². The van der Waals surface area contributed by atoms with Crippen molar-refractivity contribution in [2.45, 2.75) is 13.5 Å². The van der Waals surface area contributed by atoms with E-state index in [4.69, 9.17) is 18.9 Å². The van der Waals surface area contributed by atoms with Gasteiger partial charge < -0.3 is 24.3 Å². The predicted molar refractivity (Wildman–Crippen MR) is 116 cm³/mol. The molecule has 6 heteroatoms. The van der Waals surface area contributed by atoms with Crippen molar-refractivity contribution >= 4 is 11.6 Å². The van der Waals surface area contributed by atoms with Crippen molar-refractivity contribution in [3.05, 3.63) is 77.4 Å². The Morgan fingerprint density at radius 1 is 0.800 bits per heavy atom. The topological polar surface area (TPSA) is 66.0 Å². The summed E-state index contributed by atoms with van der Waals surface area (Å²) >= 11 is 0. The summed E-state index contributed by atoms with van der Waals surface area (Å²) in [4.78, 5) is 12.8. The zero-order valence-corrected chi connectivity index (χ0v) is 17.5. The number of amides is 1. The lowest BCUT2D eigenvalue weighted by atomic mass is 10.1. The predicted octanol–water partition coefficient (Wildman–Crippen LogP) is 4.85. The molecule has 0 fully saturated rings. The minimum Gasteiger partial charge on any atom is -0.497 e. The maximum atomic E-state index is 12.8. The summed E-state index contributed by atoms with van der Waals surface area (Å²) in [6.45, 7) is 2.30. The Kier molecular flexibility index (Phi) is 6.80. The molecule has 3 aromatic carbocycles. The van der Waals surface area contributed by atoms with Crippen LogP contribution in [0.25, 0.3) is 0 Å². The minimum atomic E-state index is -0.266. The first-order valence-electron chi connectivity index (χ1n) is 9.44. The van der Waals surface area contributed by atoms with Crippen LogP contribution in [0.1, 0.15) is 21.5 Å². The monoisotopic (exact) mass is 407 g/mol. The van der Waals surface area contributed by atoms with Crippen molar-refractivity contribution in [2.24, 2.45) is 0 Å². The van der Waals surface area contributed by atoms with Crippen LogP contribution >= 0.6 is 0 Å². The van der Waals surface area contributed by atoms with Crippen molar-refractivity contribution in [1.29, 1.82) is 0 Å². The number of benzene rings is 3. The fraction of sp³-hybridized carbons (Fsp3) is 0.208. The fourth-order valence-electron chi connectivity index (χ4n) is 2.92. The van der Waals surface area contributed by atoms with Crippen molar-refractivity contribution in [2.75, 3.05) is 26.6 Å². The second kappa shape index (κ2) is 9.69. The third kappa shape index (κ3) is 5.03. The van der Waals surface area contributed by atoms with Crippen LogP contribution in [0.4, 0.5) is 5.69 Å². The van der Waals surface area contributed by atoms with Crippen LogP contribution in [0.3, 0.4) is 0 Å². The van der Waals surface area contributed by atoms with Gasteiger partial charge in [0, 0.05) is 17.2 Å². The number of hydrogen-bond donors (Lipinski definition) is 1. The number of anilines is 1. The summed E-state index contributed by atoms with van der Waals surface area (Å²) in [5.74, 6) is 2.29. The SMILES string of the molecule is COc1ccc(NC(=O)c2ccc(OC)c(COc3ccc(C)cc3)c2)c(OC)c1. The van der Waals surface area contributed by atoms with Gasteiger partial charge in [0.1, 0.15) is 29.6 Å². The number of rotatable bonds is 8. The van der Waals surface area contributed by atoms with Crippen LogP contribution in [0, 0.1) is 6.92 Å². The van der Waals surface area contributed by atoms with Gasteiger partial charge in [-0.25, -0.2) is 0 Å². The van der Waals surface area contributed by atoms with Crippen LogP contribution in [0.2, 0.25) is 0 Å². The van der Waals surface area contributed by atoms with Crippen LogP contribution in [0.5, 0.6) is 23.0 Å². The third-order valence-electron chi connectivity index (χ3n) is 4.61. The van der Waals surface area contributed by atoms with E-state index in [0.29, 0.717) is 28.5 Å². The van der Waals surface area contributed by atoms with E-state index in [1.54, 1.807) is 57.7 Å². The Morgan fingerprint density at radius 2 is 1.50 bits per heavy atom. The molecule has 3 rings (SSSR count). The van der Waals surface area contributed by atoms with E-state index in [2.05, 4.69) is 5.32 Å². The Balaban J connectivity index is 1.78. The van der Waals surface area contributed by atoms with E-state index < -0.39 is 0 Å². The summed E-state index contributed by atoms with van der Waals surface area (Å²) < 4.78 is 21.8. The third-order valence-corrected chi connectivity index (χ3v) is 4.61. The highest BCUT2D eigenvalue weighted by Crippen LogP contribution is 2.30. The Hall–Kier alpha value is -3.67. The first-order chi connectivity index (χ1) is 14.5. The van der Waals surface area contributed by atoms with E-state index in [1.807, 2.05) is 31.2 Å². The molecule has 0 bridgehead atoms. The number of aryl methyl sites for hydroxylation is 1. The molecule has 0 unspecified atom stereocenters. The van der Waals surface area contributed by atoms with Crippen molar-refractivity contribution in [1.82, 2.24) is 0 Å². The molecule has 0 aliphatic rings. The molecule has 0 atom stereocenters.